The van der Waals surface area contributed by atoms with E-state index < -0.39 is 7.37 Å². The zero-order valence-electron chi connectivity index (χ0n) is 5.33. The van der Waals surface area contributed by atoms with Gasteiger partial charge in [-0.3, -0.25) is 4.57 Å². The Balaban J connectivity index is 4.16. The molecule has 0 aliphatic rings. The van der Waals surface area contributed by atoms with Crippen LogP contribution in [0.15, 0.2) is 12.4 Å². The van der Waals surface area contributed by atoms with E-state index in [1.54, 1.807) is 6.92 Å². The third-order valence-electron chi connectivity index (χ3n) is 0.741. The van der Waals surface area contributed by atoms with Gasteiger partial charge in [0.2, 0.25) is 0 Å². The van der Waals surface area contributed by atoms with Crippen LogP contribution in [-0.2, 0) is 9.09 Å². The first kappa shape index (κ1) is 8.49. The second-order valence-corrected chi connectivity index (χ2v) is 3.40. The van der Waals surface area contributed by atoms with Crippen molar-refractivity contribution in [2.45, 2.75) is 6.92 Å². The highest BCUT2D eigenvalue weighted by atomic mass is 31.2. The lowest BCUT2D eigenvalue weighted by molar-refractivity contribution is 0.348. The quantitative estimate of drug-likeness (QED) is 0.447. The van der Waals surface area contributed by atoms with Crippen molar-refractivity contribution in [2.75, 3.05) is 6.61 Å². The van der Waals surface area contributed by atoms with Crippen LogP contribution >= 0.6 is 7.37 Å². The second-order valence-electron chi connectivity index (χ2n) is 1.33. The van der Waals surface area contributed by atoms with Crippen molar-refractivity contribution in [2.24, 2.45) is 0 Å². The van der Waals surface area contributed by atoms with Gasteiger partial charge in [-0.2, -0.15) is 0 Å². The molecule has 0 saturated heterocycles. The van der Waals surface area contributed by atoms with Gasteiger partial charge in [0.05, 0.1) is 6.61 Å². The van der Waals surface area contributed by atoms with Crippen LogP contribution in [0.2, 0.25) is 0 Å². The van der Waals surface area contributed by atoms with Gasteiger partial charge in [-0.15, -0.1) is 6.42 Å². The lowest BCUT2D eigenvalue weighted by Crippen LogP contribution is -1.82. The third kappa shape index (κ3) is 2.51. The van der Waals surface area contributed by atoms with Gasteiger partial charge < -0.3 is 4.52 Å². The number of rotatable bonds is 3. The fraction of sp³-hybridized carbons (Fsp3) is 0.333. The van der Waals surface area contributed by atoms with Gasteiger partial charge in [-0.1, -0.05) is 6.58 Å². The molecule has 0 amide bonds. The maximum Gasteiger partial charge on any atom is 0.295 e. The van der Waals surface area contributed by atoms with Gasteiger partial charge in [0.1, 0.15) is 0 Å². The third-order valence-corrected chi connectivity index (χ3v) is 2.22. The molecule has 1 atom stereocenters. The molecule has 2 nitrogen and oxygen atoms in total. The molecule has 0 fully saturated rings. The summed E-state index contributed by atoms with van der Waals surface area (Å²) in [6.45, 7) is 5.38. The molecule has 0 heterocycles. The molecular weight excluding hydrogens is 135 g/mol. The maximum absolute atomic E-state index is 11.0. The van der Waals surface area contributed by atoms with E-state index in [4.69, 9.17) is 10.9 Å². The molecule has 1 unspecified atom stereocenters. The minimum atomic E-state index is -2.89. The first-order valence-corrected chi connectivity index (χ1v) is 4.23. The molecule has 3 heteroatoms. The standard InChI is InChI=1S/C6H9O2P/c1-4-8-9(7,5-2)6-3/h2,6H,3-4H2,1H3. The van der Waals surface area contributed by atoms with Crippen LogP contribution in [0.1, 0.15) is 6.92 Å². The van der Waals surface area contributed by atoms with E-state index in [-0.39, 0.29) is 0 Å². The largest absolute Gasteiger partial charge is 0.317 e. The van der Waals surface area contributed by atoms with Crippen LogP contribution in [0.3, 0.4) is 0 Å². The van der Waals surface area contributed by atoms with Crippen molar-refractivity contribution in [1.82, 2.24) is 0 Å². The second kappa shape index (κ2) is 3.50. The SMILES string of the molecule is C#CP(=O)(C=C)OCC. The monoisotopic (exact) mass is 144 g/mol. The van der Waals surface area contributed by atoms with Gasteiger partial charge in [0.25, 0.3) is 7.37 Å². The first-order valence-electron chi connectivity index (χ1n) is 2.54. The van der Waals surface area contributed by atoms with Crippen LogP contribution in [0.25, 0.3) is 0 Å². The van der Waals surface area contributed by atoms with Gasteiger partial charge in [-0.25, -0.2) is 0 Å². The van der Waals surface area contributed by atoms with Crippen molar-refractivity contribution in [1.29, 1.82) is 0 Å². The summed E-state index contributed by atoms with van der Waals surface area (Å²) in [6.07, 6.45) is 4.89. The van der Waals surface area contributed by atoms with Crippen molar-refractivity contribution < 1.29 is 9.09 Å². The molecule has 0 aliphatic carbocycles. The van der Waals surface area contributed by atoms with Crippen LogP contribution in [-0.4, -0.2) is 6.61 Å². The predicted octanol–water partition coefficient (Wildman–Crippen LogP) is 2.04. The van der Waals surface area contributed by atoms with Crippen LogP contribution in [0.5, 0.6) is 0 Å². The Kier molecular flexibility index (Phi) is 3.30. The van der Waals surface area contributed by atoms with Crippen LogP contribution < -0.4 is 0 Å². The smallest absolute Gasteiger partial charge is 0.295 e. The zero-order chi connectivity index (χ0) is 7.33. The Morgan fingerprint density at radius 3 is 2.67 bits per heavy atom. The van der Waals surface area contributed by atoms with Crippen LogP contribution in [0, 0.1) is 12.1 Å². The summed E-state index contributed by atoms with van der Waals surface area (Å²) in [5.74, 6) is 1.18. The van der Waals surface area contributed by atoms with Crippen molar-refractivity contribution in [3.8, 4) is 12.1 Å². The van der Waals surface area contributed by atoms with Gasteiger partial charge in [-0.05, 0) is 12.6 Å². The highest BCUT2D eigenvalue weighted by Gasteiger charge is 2.11. The van der Waals surface area contributed by atoms with Crippen molar-refractivity contribution in [3.05, 3.63) is 12.4 Å². The summed E-state index contributed by atoms with van der Waals surface area (Å²) >= 11 is 0. The van der Waals surface area contributed by atoms with E-state index in [0.29, 0.717) is 6.61 Å². The molecule has 0 spiro atoms. The molecule has 9 heavy (non-hydrogen) atoms. The predicted molar refractivity (Wildman–Crippen MR) is 38.3 cm³/mol. The van der Waals surface area contributed by atoms with E-state index in [0.717, 1.165) is 0 Å². The Morgan fingerprint density at radius 2 is 2.56 bits per heavy atom. The minimum absolute atomic E-state index is 0.355. The molecule has 0 rings (SSSR count). The molecule has 0 aliphatic heterocycles. The summed E-state index contributed by atoms with van der Waals surface area (Å²) in [5.41, 5.74) is 2.04. The Morgan fingerprint density at radius 1 is 2.00 bits per heavy atom. The summed E-state index contributed by atoms with van der Waals surface area (Å²) in [5, 5.41) is 0. The van der Waals surface area contributed by atoms with E-state index in [1.807, 2.05) is 5.66 Å². The number of terminal acetylenes is 1. The van der Waals surface area contributed by atoms with Crippen molar-refractivity contribution >= 4 is 7.37 Å². The molecule has 0 radical (unpaired) electrons. The zero-order valence-corrected chi connectivity index (χ0v) is 6.23. The average Bonchev–Trinajstić information content (AvgIpc) is 1.89. The van der Waals surface area contributed by atoms with E-state index in [9.17, 15) is 4.57 Å². The molecule has 50 valence electrons. The van der Waals surface area contributed by atoms with Crippen LogP contribution in [0.4, 0.5) is 0 Å². The number of hydrogen-bond acceptors (Lipinski definition) is 2. The summed E-state index contributed by atoms with van der Waals surface area (Å²) in [7, 11) is -2.89. The highest BCUT2D eigenvalue weighted by molar-refractivity contribution is 7.67. The topological polar surface area (TPSA) is 26.3 Å². The lowest BCUT2D eigenvalue weighted by atomic mass is 10.9. The first-order chi connectivity index (χ1) is 4.18. The lowest BCUT2D eigenvalue weighted by Gasteiger charge is -2.03. The molecule has 0 saturated carbocycles. The van der Waals surface area contributed by atoms with E-state index >= 15 is 0 Å². The van der Waals surface area contributed by atoms with Gasteiger partial charge >= 0.3 is 0 Å². The normalized spacial score (nSPS) is 15.6. The fourth-order valence-corrected chi connectivity index (χ4v) is 1.00. The summed E-state index contributed by atoms with van der Waals surface area (Å²) in [4.78, 5) is 0. The van der Waals surface area contributed by atoms with Gasteiger partial charge in [0, 0.05) is 5.82 Å². The molecule has 0 aromatic carbocycles. The summed E-state index contributed by atoms with van der Waals surface area (Å²) < 4.78 is 15.7. The molecular formula is C6H9O2P. The average molecular weight is 144 g/mol. The Labute approximate surface area is 55.4 Å². The van der Waals surface area contributed by atoms with E-state index in [1.165, 1.54) is 5.82 Å². The van der Waals surface area contributed by atoms with Gasteiger partial charge in [0.15, 0.2) is 0 Å². The Bertz CT molecular complexity index is 178. The highest BCUT2D eigenvalue weighted by Crippen LogP contribution is 2.45. The Hall–Kier alpha value is -0.510. The van der Waals surface area contributed by atoms with E-state index in [2.05, 4.69) is 6.58 Å². The molecule has 0 aromatic rings. The molecule has 0 N–H and O–H groups in total. The minimum Gasteiger partial charge on any atom is -0.317 e. The summed E-state index contributed by atoms with van der Waals surface area (Å²) in [6, 6.07) is 0. The molecule has 0 bridgehead atoms. The fourth-order valence-electron chi connectivity index (χ4n) is 0.334. The maximum atomic E-state index is 11.0. The molecule has 0 aromatic heterocycles. The van der Waals surface area contributed by atoms with Crippen molar-refractivity contribution in [3.63, 3.8) is 0 Å². The number of hydrogen-bond donors (Lipinski definition) is 0.